The average molecular weight is 568 g/mol. The summed E-state index contributed by atoms with van der Waals surface area (Å²) in [5.74, 6) is 0.632. The zero-order valence-corrected chi connectivity index (χ0v) is 23.6. The van der Waals surface area contributed by atoms with Gasteiger partial charge in [0.15, 0.2) is 5.58 Å². The lowest BCUT2D eigenvalue weighted by Gasteiger charge is -2.09. The van der Waals surface area contributed by atoms with E-state index in [1.54, 1.807) is 0 Å². The molecular formula is C38H21N3OS. The minimum atomic E-state index is 0.632. The molecular weight excluding hydrogens is 547 g/mol. The molecule has 0 atom stereocenters. The van der Waals surface area contributed by atoms with Crippen molar-refractivity contribution in [2.24, 2.45) is 0 Å². The summed E-state index contributed by atoms with van der Waals surface area (Å²) in [7, 11) is 0. The van der Waals surface area contributed by atoms with Crippen molar-refractivity contribution in [3.05, 3.63) is 127 Å². The van der Waals surface area contributed by atoms with Crippen molar-refractivity contribution in [1.82, 2.24) is 14.5 Å². The fourth-order valence-electron chi connectivity index (χ4n) is 6.78. The molecule has 5 heteroatoms. The maximum atomic E-state index is 6.56. The van der Waals surface area contributed by atoms with Crippen molar-refractivity contribution in [2.75, 3.05) is 0 Å². The maximum absolute atomic E-state index is 6.56. The van der Waals surface area contributed by atoms with E-state index in [-0.39, 0.29) is 0 Å². The first-order valence-corrected chi connectivity index (χ1v) is 15.2. The molecule has 4 nitrogen and oxygen atoms in total. The van der Waals surface area contributed by atoms with Crippen LogP contribution in [0.1, 0.15) is 0 Å². The summed E-state index contributed by atoms with van der Waals surface area (Å²) in [6.45, 7) is 0. The molecule has 0 radical (unpaired) electrons. The van der Waals surface area contributed by atoms with Gasteiger partial charge in [0.1, 0.15) is 16.8 Å². The minimum Gasteiger partial charge on any atom is -0.452 e. The van der Waals surface area contributed by atoms with E-state index in [0.717, 1.165) is 49.5 Å². The highest BCUT2D eigenvalue weighted by Crippen LogP contribution is 2.44. The quantitative estimate of drug-likeness (QED) is 0.209. The van der Waals surface area contributed by atoms with Crippen molar-refractivity contribution >= 4 is 86.2 Å². The number of hydrogen-bond donors (Lipinski definition) is 0. The monoisotopic (exact) mass is 567 g/mol. The van der Waals surface area contributed by atoms with Gasteiger partial charge in [0, 0.05) is 36.5 Å². The fraction of sp³-hybridized carbons (Fsp3) is 0. The highest BCUT2D eigenvalue weighted by Gasteiger charge is 2.23. The fourth-order valence-corrected chi connectivity index (χ4v) is 7.89. The molecule has 0 aliphatic heterocycles. The Bertz CT molecular complexity index is 2730. The van der Waals surface area contributed by atoms with Crippen molar-refractivity contribution in [3.8, 4) is 17.2 Å². The van der Waals surface area contributed by atoms with E-state index in [1.165, 1.54) is 30.9 Å². The molecule has 43 heavy (non-hydrogen) atoms. The topological polar surface area (TPSA) is 43.9 Å². The molecule has 0 bridgehead atoms. The van der Waals surface area contributed by atoms with Crippen LogP contribution in [0, 0.1) is 0 Å². The Morgan fingerprint density at radius 3 is 2.21 bits per heavy atom. The first-order chi connectivity index (χ1) is 21.3. The maximum Gasteiger partial charge on any atom is 0.236 e. The summed E-state index contributed by atoms with van der Waals surface area (Å²) in [5, 5.41) is 8.29. The molecule has 0 aliphatic carbocycles. The van der Waals surface area contributed by atoms with Crippen LogP contribution in [0.5, 0.6) is 0 Å². The molecule has 4 heterocycles. The van der Waals surface area contributed by atoms with Gasteiger partial charge in [0.25, 0.3) is 0 Å². The Kier molecular flexibility index (Phi) is 4.57. The van der Waals surface area contributed by atoms with Crippen LogP contribution in [-0.2, 0) is 0 Å². The van der Waals surface area contributed by atoms with Crippen LogP contribution < -0.4 is 0 Å². The molecule has 0 N–H and O–H groups in total. The standard InChI is InChI=1S/C38H21N3OS/c1-2-11-23(12-3-1)35-37-36(33-24-13-5-4-10-22(24)18-20-29(33)42-37)40-38(39-35)41-27-16-8-6-14-25(27)32-28(41)19-21-31-34(32)26-15-7-9-17-30(26)43-31/h1-21H. The molecule has 0 spiro atoms. The van der Waals surface area contributed by atoms with Gasteiger partial charge in [-0.15, -0.1) is 11.3 Å². The summed E-state index contributed by atoms with van der Waals surface area (Å²) in [6.07, 6.45) is 0. The molecule has 0 saturated heterocycles. The van der Waals surface area contributed by atoms with Crippen molar-refractivity contribution in [2.45, 2.75) is 0 Å². The Balaban J connectivity index is 1.40. The normalized spacial score (nSPS) is 12.2. The molecule has 10 rings (SSSR count). The highest BCUT2D eigenvalue weighted by molar-refractivity contribution is 7.26. The predicted molar refractivity (Wildman–Crippen MR) is 179 cm³/mol. The lowest BCUT2D eigenvalue weighted by atomic mass is 10.1. The Hall–Kier alpha value is -5.52. The van der Waals surface area contributed by atoms with E-state index in [4.69, 9.17) is 14.4 Å². The third-order valence-corrected chi connectivity index (χ3v) is 9.75. The number of para-hydroxylation sites is 1. The molecule has 0 fully saturated rings. The second-order valence-corrected chi connectivity index (χ2v) is 12.0. The summed E-state index contributed by atoms with van der Waals surface area (Å²) in [6, 6.07) is 44.6. The van der Waals surface area contributed by atoms with Crippen molar-refractivity contribution in [3.63, 3.8) is 0 Å². The molecule has 0 unspecified atom stereocenters. The second-order valence-electron chi connectivity index (χ2n) is 11.0. The van der Waals surface area contributed by atoms with E-state index in [1.807, 2.05) is 35.6 Å². The number of nitrogens with zero attached hydrogens (tertiary/aromatic N) is 3. The van der Waals surface area contributed by atoms with E-state index in [0.29, 0.717) is 11.5 Å². The van der Waals surface area contributed by atoms with E-state index in [9.17, 15) is 0 Å². The van der Waals surface area contributed by atoms with Crippen LogP contribution in [-0.4, -0.2) is 14.5 Å². The Labute approximate surface area is 249 Å². The number of benzene rings is 6. The summed E-state index contributed by atoms with van der Waals surface area (Å²) < 4.78 is 11.4. The number of rotatable bonds is 2. The smallest absolute Gasteiger partial charge is 0.236 e. The zero-order chi connectivity index (χ0) is 28.1. The van der Waals surface area contributed by atoms with Gasteiger partial charge in [-0.3, -0.25) is 4.57 Å². The number of hydrogen-bond acceptors (Lipinski definition) is 4. The van der Waals surface area contributed by atoms with Gasteiger partial charge in [0.05, 0.1) is 16.4 Å². The number of thiophene rings is 1. The minimum absolute atomic E-state index is 0.632. The molecule has 6 aromatic carbocycles. The zero-order valence-electron chi connectivity index (χ0n) is 22.8. The summed E-state index contributed by atoms with van der Waals surface area (Å²) >= 11 is 1.84. The van der Waals surface area contributed by atoms with E-state index >= 15 is 0 Å². The van der Waals surface area contributed by atoms with Gasteiger partial charge in [0.2, 0.25) is 5.95 Å². The lowest BCUT2D eigenvalue weighted by Crippen LogP contribution is -2.02. The second kappa shape index (κ2) is 8.51. The van der Waals surface area contributed by atoms with E-state index < -0.39 is 0 Å². The van der Waals surface area contributed by atoms with Gasteiger partial charge >= 0.3 is 0 Å². The molecule has 0 saturated carbocycles. The molecule has 4 aromatic heterocycles. The number of fused-ring (bicyclic) bond motifs is 12. The molecule has 200 valence electrons. The van der Waals surface area contributed by atoms with Gasteiger partial charge in [-0.2, -0.15) is 0 Å². The van der Waals surface area contributed by atoms with Crippen LogP contribution in [0.4, 0.5) is 0 Å². The first kappa shape index (κ1) is 23.1. The lowest BCUT2D eigenvalue weighted by molar-refractivity contribution is 0.667. The largest absolute Gasteiger partial charge is 0.452 e. The van der Waals surface area contributed by atoms with Crippen molar-refractivity contribution in [1.29, 1.82) is 0 Å². The van der Waals surface area contributed by atoms with Crippen LogP contribution >= 0.6 is 11.3 Å². The third-order valence-electron chi connectivity index (χ3n) is 8.62. The summed E-state index contributed by atoms with van der Waals surface area (Å²) in [4.78, 5) is 10.6. The van der Waals surface area contributed by atoms with Gasteiger partial charge in [-0.05, 0) is 41.1 Å². The average Bonchev–Trinajstić information content (AvgIpc) is 3.74. The van der Waals surface area contributed by atoms with Crippen LogP contribution in [0.2, 0.25) is 0 Å². The molecule has 0 aliphatic rings. The van der Waals surface area contributed by atoms with Crippen LogP contribution in [0.3, 0.4) is 0 Å². The van der Waals surface area contributed by atoms with Crippen LogP contribution in [0.25, 0.3) is 92.0 Å². The summed E-state index contributed by atoms with van der Waals surface area (Å²) in [5.41, 5.74) is 6.29. The van der Waals surface area contributed by atoms with Crippen molar-refractivity contribution < 1.29 is 4.42 Å². The SMILES string of the molecule is c1ccc(-c2nc(-n3c4ccccc4c4c5c(ccc43)sc3ccccc35)nc3c2oc2ccc4ccccc4c23)cc1. The third kappa shape index (κ3) is 3.14. The predicted octanol–water partition coefficient (Wildman–Crippen LogP) is 10.7. The number of aromatic nitrogens is 3. The Morgan fingerprint density at radius 1 is 0.535 bits per heavy atom. The Morgan fingerprint density at radius 2 is 1.30 bits per heavy atom. The van der Waals surface area contributed by atoms with Gasteiger partial charge < -0.3 is 4.42 Å². The van der Waals surface area contributed by atoms with E-state index in [2.05, 4.69) is 108 Å². The number of furan rings is 1. The molecule has 10 aromatic rings. The molecule has 0 amide bonds. The first-order valence-electron chi connectivity index (χ1n) is 14.3. The van der Waals surface area contributed by atoms with Gasteiger partial charge in [-0.1, -0.05) is 97.1 Å². The van der Waals surface area contributed by atoms with Gasteiger partial charge in [-0.25, -0.2) is 9.97 Å². The van der Waals surface area contributed by atoms with Crippen LogP contribution in [0.15, 0.2) is 132 Å². The highest BCUT2D eigenvalue weighted by atomic mass is 32.1.